The van der Waals surface area contributed by atoms with Gasteiger partial charge in [-0.15, -0.1) is 0 Å². The van der Waals surface area contributed by atoms with E-state index in [-0.39, 0.29) is 27.1 Å². The minimum Gasteiger partial charge on any atom is -0.497 e. The molecule has 1 amide bonds. The van der Waals surface area contributed by atoms with Crippen molar-refractivity contribution in [3.63, 3.8) is 0 Å². The molecule has 27 heavy (non-hydrogen) atoms. The number of hydrogen-bond donors (Lipinski definition) is 2. The molecule has 2 rings (SSSR count). The first-order valence-electron chi connectivity index (χ1n) is 8.08. The van der Waals surface area contributed by atoms with E-state index in [2.05, 4.69) is 10.0 Å². The summed E-state index contributed by atoms with van der Waals surface area (Å²) in [7, 11) is -2.59. The van der Waals surface area contributed by atoms with Crippen molar-refractivity contribution in [3.05, 3.63) is 52.8 Å². The summed E-state index contributed by atoms with van der Waals surface area (Å²) in [6.45, 7) is 4.19. The molecule has 0 aromatic heterocycles. The van der Waals surface area contributed by atoms with E-state index < -0.39 is 21.7 Å². The van der Waals surface area contributed by atoms with Crippen LogP contribution in [-0.4, -0.2) is 28.0 Å². The zero-order chi connectivity index (χ0) is 20.2. The summed E-state index contributed by atoms with van der Waals surface area (Å²) in [6.07, 6.45) is 0. The Bertz CT molecular complexity index is 931. The van der Waals surface area contributed by atoms with Crippen molar-refractivity contribution in [3.8, 4) is 5.75 Å². The van der Waals surface area contributed by atoms with Crippen molar-refractivity contribution in [1.82, 2.24) is 5.32 Å². The molecule has 0 bridgehead atoms. The second kappa shape index (κ2) is 8.58. The highest BCUT2D eigenvalue weighted by Gasteiger charge is 2.21. The molecular weight excluding hydrogens is 395 g/mol. The van der Waals surface area contributed by atoms with Crippen LogP contribution < -0.4 is 14.8 Å². The van der Waals surface area contributed by atoms with Crippen LogP contribution in [-0.2, 0) is 10.0 Å². The van der Waals surface area contributed by atoms with Gasteiger partial charge in [0.05, 0.1) is 28.3 Å². The third-order valence-corrected chi connectivity index (χ3v) is 5.26. The molecule has 0 spiro atoms. The van der Waals surface area contributed by atoms with Gasteiger partial charge in [0.25, 0.3) is 15.9 Å². The van der Waals surface area contributed by atoms with Gasteiger partial charge in [-0.05, 0) is 36.2 Å². The summed E-state index contributed by atoms with van der Waals surface area (Å²) < 4.78 is 46.3. The van der Waals surface area contributed by atoms with Crippen LogP contribution in [0.3, 0.4) is 0 Å². The highest BCUT2D eigenvalue weighted by molar-refractivity contribution is 7.92. The number of benzene rings is 2. The average molecular weight is 415 g/mol. The molecule has 0 saturated carbocycles. The molecule has 9 heteroatoms. The lowest BCUT2D eigenvalue weighted by Gasteiger charge is -2.15. The monoisotopic (exact) mass is 414 g/mol. The van der Waals surface area contributed by atoms with Crippen LogP contribution in [0.1, 0.15) is 24.2 Å². The molecule has 0 radical (unpaired) electrons. The fourth-order valence-electron chi connectivity index (χ4n) is 2.17. The SMILES string of the molecule is COc1ccc(S(=O)(=O)Nc2cc(F)c(Cl)cc2C(=O)NCC(C)C)cc1. The lowest BCUT2D eigenvalue weighted by atomic mass is 10.1. The molecule has 0 aliphatic heterocycles. The molecule has 0 fully saturated rings. The average Bonchev–Trinajstić information content (AvgIpc) is 2.62. The van der Waals surface area contributed by atoms with Crippen LogP contribution in [0.25, 0.3) is 0 Å². The molecule has 0 atom stereocenters. The number of halogens is 2. The van der Waals surface area contributed by atoms with Crippen LogP contribution in [0, 0.1) is 11.7 Å². The van der Waals surface area contributed by atoms with E-state index in [0.29, 0.717) is 12.3 Å². The van der Waals surface area contributed by atoms with Gasteiger partial charge in [-0.2, -0.15) is 0 Å². The van der Waals surface area contributed by atoms with E-state index in [1.165, 1.54) is 31.4 Å². The number of nitrogens with one attached hydrogen (secondary N) is 2. The van der Waals surface area contributed by atoms with Gasteiger partial charge < -0.3 is 10.1 Å². The topological polar surface area (TPSA) is 84.5 Å². The maximum absolute atomic E-state index is 13.9. The number of sulfonamides is 1. The Hall–Kier alpha value is -2.32. The Morgan fingerprint density at radius 3 is 2.41 bits per heavy atom. The van der Waals surface area contributed by atoms with E-state index in [1.54, 1.807) is 0 Å². The first kappa shape index (κ1) is 21.0. The molecule has 2 N–H and O–H groups in total. The van der Waals surface area contributed by atoms with E-state index in [1.807, 2.05) is 13.8 Å². The van der Waals surface area contributed by atoms with E-state index in [9.17, 15) is 17.6 Å². The van der Waals surface area contributed by atoms with Gasteiger partial charge >= 0.3 is 0 Å². The van der Waals surface area contributed by atoms with Gasteiger partial charge in [0, 0.05) is 12.6 Å². The number of amides is 1. The van der Waals surface area contributed by atoms with E-state index >= 15 is 0 Å². The number of rotatable bonds is 7. The van der Waals surface area contributed by atoms with E-state index in [4.69, 9.17) is 16.3 Å². The van der Waals surface area contributed by atoms with Crippen molar-refractivity contribution in [2.45, 2.75) is 18.7 Å². The first-order chi connectivity index (χ1) is 12.6. The minimum absolute atomic E-state index is 0.0628. The Morgan fingerprint density at radius 2 is 1.85 bits per heavy atom. The second-order valence-electron chi connectivity index (χ2n) is 6.20. The predicted octanol–water partition coefficient (Wildman–Crippen LogP) is 3.67. The molecule has 0 aliphatic carbocycles. The van der Waals surface area contributed by atoms with Crippen LogP contribution in [0.5, 0.6) is 5.75 Å². The van der Waals surface area contributed by atoms with Gasteiger partial charge in [-0.3, -0.25) is 9.52 Å². The van der Waals surface area contributed by atoms with Crippen LogP contribution >= 0.6 is 11.6 Å². The van der Waals surface area contributed by atoms with Gasteiger partial charge in [0.1, 0.15) is 11.6 Å². The first-order valence-corrected chi connectivity index (χ1v) is 9.94. The maximum atomic E-state index is 13.9. The maximum Gasteiger partial charge on any atom is 0.261 e. The molecule has 146 valence electrons. The van der Waals surface area contributed by atoms with Crippen molar-refractivity contribution < 1.29 is 22.3 Å². The number of hydrogen-bond acceptors (Lipinski definition) is 4. The Morgan fingerprint density at radius 1 is 1.22 bits per heavy atom. The third-order valence-electron chi connectivity index (χ3n) is 3.59. The van der Waals surface area contributed by atoms with Crippen molar-refractivity contribution in [2.24, 2.45) is 5.92 Å². The molecule has 0 heterocycles. The summed E-state index contributed by atoms with van der Waals surface area (Å²) >= 11 is 5.77. The number of carbonyl (C=O) groups excluding carboxylic acids is 1. The number of anilines is 1. The summed E-state index contributed by atoms with van der Waals surface area (Å²) in [5.41, 5.74) is -0.270. The molecular formula is C18H20ClFN2O4S. The zero-order valence-electron chi connectivity index (χ0n) is 15.0. The van der Waals surface area contributed by atoms with Crippen molar-refractivity contribution >= 4 is 33.2 Å². The molecule has 2 aromatic carbocycles. The summed E-state index contributed by atoms with van der Waals surface area (Å²) in [5.74, 6) is -0.730. The Kier molecular flexibility index (Phi) is 6.67. The standard InChI is InChI=1S/C18H20ClFN2O4S/c1-11(2)10-21-18(23)14-8-15(19)16(20)9-17(14)22-27(24,25)13-6-4-12(26-3)5-7-13/h4-9,11,22H,10H2,1-3H3,(H,21,23). The van der Waals surface area contributed by atoms with Crippen LogP contribution in [0.2, 0.25) is 5.02 Å². The van der Waals surface area contributed by atoms with E-state index in [0.717, 1.165) is 12.1 Å². The summed E-state index contributed by atoms with van der Waals surface area (Å²) in [5, 5.41) is 2.37. The minimum atomic E-state index is -4.05. The number of ether oxygens (including phenoxy) is 1. The Balaban J connectivity index is 2.38. The second-order valence-corrected chi connectivity index (χ2v) is 8.29. The van der Waals surface area contributed by atoms with Gasteiger partial charge in [-0.25, -0.2) is 12.8 Å². The molecule has 2 aromatic rings. The molecule has 6 nitrogen and oxygen atoms in total. The molecule has 0 saturated heterocycles. The predicted molar refractivity (Wildman–Crippen MR) is 102 cm³/mol. The quantitative estimate of drug-likeness (QED) is 0.723. The Labute approximate surface area is 162 Å². The number of carbonyl (C=O) groups is 1. The lowest BCUT2D eigenvalue weighted by molar-refractivity contribution is 0.0950. The largest absolute Gasteiger partial charge is 0.497 e. The highest BCUT2D eigenvalue weighted by atomic mass is 35.5. The summed E-state index contributed by atoms with van der Waals surface area (Å²) in [4.78, 5) is 12.3. The van der Waals surface area contributed by atoms with Gasteiger partial charge in [-0.1, -0.05) is 25.4 Å². The summed E-state index contributed by atoms with van der Waals surface area (Å²) in [6, 6.07) is 7.62. The smallest absolute Gasteiger partial charge is 0.261 e. The zero-order valence-corrected chi connectivity index (χ0v) is 16.6. The van der Waals surface area contributed by atoms with Crippen LogP contribution in [0.15, 0.2) is 41.3 Å². The third kappa shape index (κ3) is 5.33. The van der Waals surface area contributed by atoms with Gasteiger partial charge in [0.15, 0.2) is 0 Å². The number of methoxy groups -OCH3 is 1. The lowest BCUT2D eigenvalue weighted by Crippen LogP contribution is -2.28. The molecule has 0 unspecified atom stereocenters. The van der Waals surface area contributed by atoms with Crippen molar-refractivity contribution in [2.75, 3.05) is 18.4 Å². The van der Waals surface area contributed by atoms with Crippen LogP contribution in [0.4, 0.5) is 10.1 Å². The molecule has 0 aliphatic rings. The van der Waals surface area contributed by atoms with Gasteiger partial charge in [0.2, 0.25) is 0 Å². The normalized spacial score (nSPS) is 11.3. The fourth-order valence-corrected chi connectivity index (χ4v) is 3.40. The fraction of sp³-hybridized carbons (Fsp3) is 0.278. The van der Waals surface area contributed by atoms with Crippen molar-refractivity contribution in [1.29, 1.82) is 0 Å². The highest BCUT2D eigenvalue weighted by Crippen LogP contribution is 2.27.